The maximum atomic E-state index is 11.4. The molecule has 2 rings (SSSR count). The molecule has 0 saturated carbocycles. The summed E-state index contributed by atoms with van der Waals surface area (Å²) in [5.41, 5.74) is 4.65. The molecule has 0 aliphatic carbocycles. The van der Waals surface area contributed by atoms with Crippen molar-refractivity contribution in [1.82, 2.24) is 14.5 Å². The Balaban J connectivity index is 0.000000771. The van der Waals surface area contributed by atoms with Crippen LogP contribution in [-0.2, 0) is 4.74 Å². The first-order valence-electron chi connectivity index (χ1n) is 4.97. The smallest absolute Gasteiger partial charge is 0.354 e. The fourth-order valence-electron chi connectivity index (χ4n) is 1.60. The Hall–Kier alpha value is -1.59. The van der Waals surface area contributed by atoms with Gasteiger partial charge in [-0.3, -0.25) is 15.1 Å². The average molecular weight is 262 g/mol. The van der Waals surface area contributed by atoms with Crippen molar-refractivity contribution < 1.29 is 25.5 Å². The van der Waals surface area contributed by atoms with E-state index in [1.165, 1.54) is 6.33 Å². The molecular formula is C8H14N4O6. The van der Waals surface area contributed by atoms with Crippen LogP contribution in [0.5, 0.6) is 0 Å². The molecule has 0 bridgehead atoms. The number of hydrogen-bond donors (Lipinski definition) is 5. The number of nitrogens with zero attached hydrogens (tertiary/aromatic N) is 3. The summed E-state index contributed by atoms with van der Waals surface area (Å²) in [6.45, 7) is -0.303. The lowest BCUT2D eigenvalue weighted by atomic mass is 10.2. The Morgan fingerprint density at radius 2 is 2.22 bits per heavy atom. The highest BCUT2D eigenvalue weighted by Gasteiger charge is 2.35. The molecule has 0 amide bonds. The topological polar surface area (TPSA) is 164 Å². The minimum absolute atomic E-state index is 0.112. The Morgan fingerprint density at radius 1 is 1.56 bits per heavy atom. The summed E-state index contributed by atoms with van der Waals surface area (Å²) in [4.78, 5) is 18.5. The Bertz CT molecular complexity index is 438. The highest BCUT2D eigenvalue weighted by atomic mass is 17.0. The molecule has 10 nitrogen and oxygen atoms in total. The van der Waals surface area contributed by atoms with Crippen LogP contribution in [0, 0.1) is 0 Å². The second-order valence-corrected chi connectivity index (χ2v) is 3.52. The minimum atomic E-state index is -0.806. The van der Waals surface area contributed by atoms with Crippen molar-refractivity contribution in [3.8, 4) is 0 Å². The molecular weight excluding hydrogens is 248 g/mol. The van der Waals surface area contributed by atoms with Crippen LogP contribution >= 0.6 is 0 Å². The third-order valence-corrected chi connectivity index (χ3v) is 2.44. The number of aromatic nitrogens is 3. The van der Waals surface area contributed by atoms with Gasteiger partial charge in [-0.15, -0.1) is 0 Å². The van der Waals surface area contributed by atoms with Crippen molar-refractivity contribution in [2.45, 2.75) is 24.9 Å². The fraction of sp³-hybridized carbons (Fsp3) is 0.625. The molecule has 102 valence electrons. The van der Waals surface area contributed by atoms with Crippen LogP contribution < -0.4 is 11.4 Å². The summed E-state index contributed by atoms with van der Waals surface area (Å²) in [5.74, 6) is -0.112. The van der Waals surface area contributed by atoms with E-state index in [1.807, 2.05) is 0 Å². The van der Waals surface area contributed by atoms with Gasteiger partial charge in [0.1, 0.15) is 18.7 Å². The van der Waals surface area contributed by atoms with E-state index >= 15 is 0 Å². The monoisotopic (exact) mass is 262 g/mol. The molecule has 1 aromatic heterocycles. The van der Waals surface area contributed by atoms with E-state index in [2.05, 4.69) is 9.97 Å². The van der Waals surface area contributed by atoms with Gasteiger partial charge in [-0.05, 0) is 0 Å². The summed E-state index contributed by atoms with van der Waals surface area (Å²) in [6, 6.07) is 0. The van der Waals surface area contributed by atoms with E-state index in [-0.39, 0.29) is 19.0 Å². The Kier molecular flexibility index (Phi) is 5.12. The van der Waals surface area contributed by atoms with E-state index in [0.29, 0.717) is 0 Å². The first-order chi connectivity index (χ1) is 8.61. The molecule has 6 N–H and O–H groups in total. The lowest BCUT2D eigenvalue weighted by molar-refractivity contribution is -0.176. The third-order valence-electron chi connectivity index (χ3n) is 2.44. The summed E-state index contributed by atoms with van der Waals surface area (Å²) < 4.78 is 6.41. The van der Waals surface area contributed by atoms with E-state index in [0.717, 1.165) is 4.57 Å². The van der Waals surface area contributed by atoms with Gasteiger partial charge in [-0.25, -0.2) is 9.78 Å². The molecule has 0 radical (unpaired) electrons. The number of rotatable bonds is 2. The van der Waals surface area contributed by atoms with Gasteiger partial charge >= 0.3 is 5.69 Å². The number of aliphatic hydroxyl groups excluding tert-OH is 2. The summed E-state index contributed by atoms with van der Waals surface area (Å²) in [7, 11) is 0. The quantitative estimate of drug-likeness (QED) is 0.296. The standard InChI is InChI=1S/C8H12N4O4.H2O2/c9-7-10-3-12(8(15)11-7)6-1-4(14)5(2-13)16-6;1-2/h3-6,13-14H,1-2H2,(H2,9,11,15);1-2H/t4-,5+,6+;/m0./s1. The van der Waals surface area contributed by atoms with Crippen LogP contribution in [0.15, 0.2) is 11.1 Å². The number of anilines is 1. The second-order valence-electron chi connectivity index (χ2n) is 3.52. The fourth-order valence-corrected chi connectivity index (χ4v) is 1.60. The summed E-state index contributed by atoms with van der Waals surface area (Å²) in [5, 5.41) is 30.4. The average Bonchev–Trinajstić information content (AvgIpc) is 2.73. The molecule has 10 heteroatoms. The molecule has 2 heterocycles. The van der Waals surface area contributed by atoms with Gasteiger partial charge in [0.2, 0.25) is 5.95 Å². The lowest BCUT2D eigenvalue weighted by Gasteiger charge is -2.13. The summed E-state index contributed by atoms with van der Waals surface area (Å²) >= 11 is 0. The summed E-state index contributed by atoms with van der Waals surface area (Å²) in [6.07, 6.45) is -0.741. The highest BCUT2D eigenvalue weighted by molar-refractivity contribution is 5.09. The largest absolute Gasteiger partial charge is 0.394 e. The van der Waals surface area contributed by atoms with Crippen LogP contribution in [0.1, 0.15) is 12.6 Å². The van der Waals surface area contributed by atoms with Gasteiger partial charge in [0.25, 0.3) is 0 Å². The minimum Gasteiger partial charge on any atom is -0.394 e. The van der Waals surface area contributed by atoms with Gasteiger partial charge < -0.3 is 20.7 Å². The molecule has 1 fully saturated rings. The van der Waals surface area contributed by atoms with Crippen molar-refractivity contribution in [2.75, 3.05) is 12.3 Å². The normalized spacial score (nSPS) is 26.6. The van der Waals surface area contributed by atoms with Crippen molar-refractivity contribution in [2.24, 2.45) is 0 Å². The van der Waals surface area contributed by atoms with Gasteiger partial charge in [0, 0.05) is 6.42 Å². The van der Waals surface area contributed by atoms with Crippen LogP contribution in [-0.4, -0.2) is 54.1 Å². The lowest BCUT2D eigenvalue weighted by Crippen LogP contribution is -2.28. The molecule has 0 spiro atoms. The van der Waals surface area contributed by atoms with Crippen molar-refractivity contribution >= 4 is 5.95 Å². The zero-order chi connectivity index (χ0) is 13.7. The third kappa shape index (κ3) is 3.00. The first-order valence-corrected chi connectivity index (χ1v) is 4.97. The molecule has 0 unspecified atom stereocenters. The predicted molar refractivity (Wildman–Crippen MR) is 57.6 cm³/mol. The second kappa shape index (κ2) is 6.37. The molecule has 3 atom stereocenters. The van der Waals surface area contributed by atoms with Crippen LogP contribution in [0.3, 0.4) is 0 Å². The SMILES string of the molecule is Nc1ncn([C@H]2C[C@H](O)[C@@H](CO)O2)c(=O)n1.OO. The molecule has 18 heavy (non-hydrogen) atoms. The molecule has 1 saturated heterocycles. The van der Waals surface area contributed by atoms with E-state index < -0.39 is 24.1 Å². The Morgan fingerprint density at radius 3 is 2.72 bits per heavy atom. The van der Waals surface area contributed by atoms with E-state index in [9.17, 15) is 9.90 Å². The maximum absolute atomic E-state index is 11.4. The van der Waals surface area contributed by atoms with Crippen molar-refractivity contribution in [3.05, 3.63) is 16.8 Å². The zero-order valence-corrected chi connectivity index (χ0v) is 9.25. The molecule has 1 aliphatic rings. The first kappa shape index (κ1) is 14.5. The number of aliphatic hydroxyl groups is 2. The van der Waals surface area contributed by atoms with Gasteiger partial charge in [0.05, 0.1) is 12.7 Å². The number of nitrogen functional groups attached to an aromatic ring is 1. The highest BCUT2D eigenvalue weighted by Crippen LogP contribution is 2.26. The number of nitrogens with two attached hydrogens (primary N) is 1. The van der Waals surface area contributed by atoms with E-state index in [1.54, 1.807) is 0 Å². The van der Waals surface area contributed by atoms with Gasteiger partial charge in [0.15, 0.2) is 0 Å². The zero-order valence-electron chi connectivity index (χ0n) is 9.25. The van der Waals surface area contributed by atoms with Crippen LogP contribution in [0.25, 0.3) is 0 Å². The molecule has 0 aromatic carbocycles. The van der Waals surface area contributed by atoms with E-state index in [4.69, 9.17) is 26.1 Å². The van der Waals surface area contributed by atoms with Crippen molar-refractivity contribution in [3.63, 3.8) is 0 Å². The molecule has 1 aromatic rings. The Labute approximate surface area is 101 Å². The van der Waals surface area contributed by atoms with Crippen LogP contribution in [0.2, 0.25) is 0 Å². The van der Waals surface area contributed by atoms with Crippen molar-refractivity contribution in [1.29, 1.82) is 0 Å². The van der Waals surface area contributed by atoms with Crippen LogP contribution in [0.4, 0.5) is 5.95 Å². The predicted octanol–water partition coefficient (Wildman–Crippen LogP) is -2.12. The van der Waals surface area contributed by atoms with Gasteiger partial charge in [-0.2, -0.15) is 4.98 Å². The maximum Gasteiger partial charge on any atom is 0.354 e. The van der Waals surface area contributed by atoms with Gasteiger partial charge in [-0.1, -0.05) is 0 Å². The number of ether oxygens (including phenoxy) is 1. The number of hydrogen-bond acceptors (Lipinski definition) is 9. The molecule has 1 aliphatic heterocycles.